The van der Waals surface area contributed by atoms with Crippen molar-refractivity contribution in [3.63, 3.8) is 0 Å². The smallest absolute Gasteiger partial charge is 0.233 e. The molecular formula is C17H21NO2. The Labute approximate surface area is 120 Å². The van der Waals surface area contributed by atoms with Gasteiger partial charge in [-0.25, -0.2) is 0 Å². The van der Waals surface area contributed by atoms with Gasteiger partial charge in [0.2, 0.25) is 5.91 Å². The molecule has 3 nitrogen and oxygen atoms in total. The maximum absolute atomic E-state index is 12.9. The summed E-state index contributed by atoms with van der Waals surface area (Å²) in [5.74, 6) is 0.648. The highest BCUT2D eigenvalue weighted by atomic mass is 16.2. The fourth-order valence-corrected chi connectivity index (χ4v) is 4.14. The van der Waals surface area contributed by atoms with E-state index in [4.69, 9.17) is 0 Å². The number of carbonyl (C=O) groups excluding carboxylic acids is 2. The SMILES string of the molecule is C[C@@H]1C(=O)CC[C@]2(c3ccccc3)C(=O)N(C)CC[C@@H]12. The lowest BCUT2D eigenvalue weighted by molar-refractivity contribution is -0.150. The molecule has 1 aromatic carbocycles. The van der Waals surface area contributed by atoms with Crippen molar-refractivity contribution in [3.8, 4) is 0 Å². The third-order valence-corrected chi connectivity index (χ3v) is 5.30. The predicted molar refractivity (Wildman–Crippen MR) is 77.3 cm³/mol. The number of amides is 1. The van der Waals surface area contributed by atoms with Gasteiger partial charge >= 0.3 is 0 Å². The molecule has 0 aromatic heterocycles. The second-order valence-electron chi connectivity index (χ2n) is 6.21. The van der Waals surface area contributed by atoms with Crippen molar-refractivity contribution in [3.05, 3.63) is 35.9 Å². The third-order valence-electron chi connectivity index (χ3n) is 5.30. The van der Waals surface area contributed by atoms with Gasteiger partial charge in [-0.1, -0.05) is 37.3 Å². The van der Waals surface area contributed by atoms with Gasteiger partial charge in [0.15, 0.2) is 0 Å². The van der Waals surface area contributed by atoms with E-state index in [1.54, 1.807) is 0 Å². The first-order valence-electron chi connectivity index (χ1n) is 7.41. The van der Waals surface area contributed by atoms with E-state index in [0.717, 1.165) is 18.5 Å². The molecule has 20 heavy (non-hydrogen) atoms. The molecule has 1 amide bonds. The minimum atomic E-state index is -0.485. The second-order valence-corrected chi connectivity index (χ2v) is 6.21. The van der Waals surface area contributed by atoms with Crippen molar-refractivity contribution in [2.45, 2.75) is 31.6 Å². The highest BCUT2D eigenvalue weighted by Gasteiger charge is 2.55. The average molecular weight is 271 g/mol. The summed E-state index contributed by atoms with van der Waals surface area (Å²) in [5.41, 5.74) is 0.600. The Bertz CT molecular complexity index is 539. The molecule has 3 rings (SSSR count). The zero-order valence-electron chi connectivity index (χ0n) is 12.1. The van der Waals surface area contributed by atoms with Crippen LogP contribution in [0, 0.1) is 11.8 Å². The summed E-state index contributed by atoms with van der Waals surface area (Å²) >= 11 is 0. The van der Waals surface area contributed by atoms with E-state index >= 15 is 0 Å². The van der Waals surface area contributed by atoms with Gasteiger partial charge in [-0.05, 0) is 24.3 Å². The molecule has 0 bridgehead atoms. The number of carbonyl (C=O) groups is 2. The lowest BCUT2D eigenvalue weighted by atomic mass is 9.55. The molecule has 3 heteroatoms. The van der Waals surface area contributed by atoms with Crippen LogP contribution in [0.5, 0.6) is 0 Å². The van der Waals surface area contributed by atoms with E-state index in [-0.39, 0.29) is 17.7 Å². The zero-order valence-corrected chi connectivity index (χ0v) is 12.1. The fraction of sp³-hybridized carbons (Fsp3) is 0.529. The van der Waals surface area contributed by atoms with E-state index in [9.17, 15) is 9.59 Å². The van der Waals surface area contributed by atoms with E-state index in [1.165, 1.54) is 0 Å². The Hall–Kier alpha value is -1.64. The first-order chi connectivity index (χ1) is 9.57. The molecule has 1 aliphatic carbocycles. The maximum atomic E-state index is 12.9. The summed E-state index contributed by atoms with van der Waals surface area (Å²) in [7, 11) is 1.88. The van der Waals surface area contributed by atoms with Crippen molar-refractivity contribution >= 4 is 11.7 Å². The molecule has 0 spiro atoms. The Morgan fingerprint density at radius 1 is 1.20 bits per heavy atom. The van der Waals surface area contributed by atoms with Crippen LogP contribution in [0.1, 0.15) is 31.7 Å². The minimum Gasteiger partial charge on any atom is -0.345 e. The van der Waals surface area contributed by atoms with Gasteiger partial charge in [0.25, 0.3) is 0 Å². The quantitative estimate of drug-likeness (QED) is 0.786. The van der Waals surface area contributed by atoms with Crippen molar-refractivity contribution < 1.29 is 9.59 Å². The number of Topliss-reactive ketones (excluding diaryl/α,β-unsaturated/α-hetero) is 1. The van der Waals surface area contributed by atoms with Gasteiger partial charge in [0, 0.05) is 25.9 Å². The summed E-state index contributed by atoms with van der Waals surface area (Å²) in [6, 6.07) is 10.1. The number of piperidine rings is 1. The summed E-state index contributed by atoms with van der Waals surface area (Å²) in [6.45, 7) is 2.76. The van der Waals surface area contributed by atoms with Crippen molar-refractivity contribution in [1.82, 2.24) is 4.90 Å². The van der Waals surface area contributed by atoms with Gasteiger partial charge in [-0.2, -0.15) is 0 Å². The van der Waals surface area contributed by atoms with E-state index in [1.807, 2.05) is 49.2 Å². The fourth-order valence-electron chi connectivity index (χ4n) is 4.14. The van der Waals surface area contributed by atoms with Crippen LogP contribution in [-0.4, -0.2) is 30.2 Å². The average Bonchev–Trinajstić information content (AvgIpc) is 2.48. The predicted octanol–water partition coefficient (Wildman–Crippen LogP) is 2.40. The summed E-state index contributed by atoms with van der Waals surface area (Å²) < 4.78 is 0. The Morgan fingerprint density at radius 2 is 1.90 bits per heavy atom. The summed E-state index contributed by atoms with van der Waals surface area (Å²) in [5, 5.41) is 0. The summed E-state index contributed by atoms with van der Waals surface area (Å²) in [4.78, 5) is 26.9. The van der Waals surface area contributed by atoms with Crippen LogP contribution in [0.25, 0.3) is 0 Å². The lowest BCUT2D eigenvalue weighted by Gasteiger charge is -2.51. The number of hydrogen-bond acceptors (Lipinski definition) is 2. The third kappa shape index (κ3) is 1.72. The van der Waals surface area contributed by atoms with Crippen LogP contribution in [0.15, 0.2) is 30.3 Å². The number of benzene rings is 1. The van der Waals surface area contributed by atoms with Crippen LogP contribution in [0.4, 0.5) is 0 Å². The van der Waals surface area contributed by atoms with Crippen LogP contribution >= 0.6 is 0 Å². The second kappa shape index (κ2) is 4.72. The molecule has 3 atom stereocenters. The van der Waals surface area contributed by atoms with Crippen LogP contribution in [-0.2, 0) is 15.0 Å². The molecule has 1 saturated heterocycles. The number of hydrogen-bond donors (Lipinski definition) is 0. The standard InChI is InChI=1S/C17H21NO2/c1-12-14-9-11-18(2)16(20)17(14,10-8-15(12)19)13-6-4-3-5-7-13/h3-7,12,14H,8-11H2,1-2H3/t12-,14-,17+/m0/s1. The van der Waals surface area contributed by atoms with Gasteiger partial charge in [-0.15, -0.1) is 0 Å². The highest BCUT2D eigenvalue weighted by Crippen LogP contribution is 2.50. The number of fused-ring (bicyclic) bond motifs is 1. The number of ketones is 1. The molecule has 1 aromatic rings. The van der Waals surface area contributed by atoms with Crippen LogP contribution < -0.4 is 0 Å². The molecule has 0 radical (unpaired) electrons. The first kappa shape index (κ1) is 13.3. The van der Waals surface area contributed by atoms with Gasteiger partial charge < -0.3 is 4.90 Å². The topological polar surface area (TPSA) is 37.4 Å². The molecule has 0 unspecified atom stereocenters. The van der Waals surface area contributed by atoms with Gasteiger partial charge in [-0.3, -0.25) is 9.59 Å². The van der Waals surface area contributed by atoms with Gasteiger partial charge in [0.1, 0.15) is 5.78 Å². The van der Waals surface area contributed by atoms with E-state index in [0.29, 0.717) is 18.6 Å². The monoisotopic (exact) mass is 271 g/mol. The van der Waals surface area contributed by atoms with Gasteiger partial charge in [0.05, 0.1) is 5.41 Å². The number of nitrogens with zero attached hydrogens (tertiary/aromatic N) is 1. The normalized spacial score (nSPS) is 34.0. The van der Waals surface area contributed by atoms with Crippen molar-refractivity contribution in [2.75, 3.05) is 13.6 Å². The van der Waals surface area contributed by atoms with Crippen LogP contribution in [0.2, 0.25) is 0 Å². The maximum Gasteiger partial charge on any atom is 0.233 e. The van der Waals surface area contributed by atoms with Crippen molar-refractivity contribution in [1.29, 1.82) is 0 Å². The van der Waals surface area contributed by atoms with Crippen molar-refractivity contribution in [2.24, 2.45) is 11.8 Å². The highest BCUT2D eigenvalue weighted by molar-refractivity contribution is 5.93. The van der Waals surface area contributed by atoms with E-state index in [2.05, 4.69) is 0 Å². The Balaban J connectivity index is 2.14. The molecular weight excluding hydrogens is 250 g/mol. The molecule has 0 N–H and O–H groups in total. The first-order valence-corrected chi connectivity index (χ1v) is 7.41. The summed E-state index contributed by atoms with van der Waals surface area (Å²) in [6.07, 6.45) is 2.10. The number of rotatable bonds is 1. The lowest BCUT2D eigenvalue weighted by Crippen LogP contribution is -2.59. The van der Waals surface area contributed by atoms with E-state index < -0.39 is 5.41 Å². The minimum absolute atomic E-state index is 0.0124. The Morgan fingerprint density at radius 3 is 2.60 bits per heavy atom. The molecule has 106 valence electrons. The largest absolute Gasteiger partial charge is 0.345 e. The number of likely N-dealkylation sites (N-methyl/N-ethyl adjacent to an activating group) is 1. The zero-order chi connectivity index (χ0) is 14.3. The van der Waals surface area contributed by atoms with Crippen LogP contribution in [0.3, 0.4) is 0 Å². The molecule has 1 aliphatic heterocycles. The molecule has 2 fully saturated rings. The molecule has 1 heterocycles. The Kier molecular flexibility index (Phi) is 3.15. The number of likely N-dealkylation sites (tertiary alicyclic amines) is 1. The molecule has 2 aliphatic rings. The molecule has 1 saturated carbocycles.